The molecule has 2 unspecified atom stereocenters. The molecule has 0 aromatic heterocycles. The Morgan fingerprint density at radius 1 is 1.41 bits per heavy atom. The molecule has 0 saturated heterocycles. The van der Waals surface area contributed by atoms with Gasteiger partial charge in [-0.3, -0.25) is 4.99 Å². The van der Waals surface area contributed by atoms with Crippen LogP contribution in [0.25, 0.3) is 0 Å². The van der Waals surface area contributed by atoms with Crippen LogP contribution < -0.4 is 10.6 Å². The van der Waals surface area contributed by atoms with Crippen molar-refractivity contribution in [2.45, 2.75) is 32.7 Å². The van der Waals surface area contributed by atoms with E-state index in [-0.39, 0.29) is 0 Å². The van der Waals surface area contributed by atoms with Crippen molar-refractivity contribution >= 4 is 5.96 Å². The Balaban J connectivity index is 1.85. The topological polar surface area (TPSA) is 36.4 Å². The first-order chi connectivity index (χ1) is 8.15. The maximum absolute atomic E-state index is 4.39. The van der Waals surface area contributed by atoms with Gasteiger partial charge in [0.1, 0.15) is 0 Å². The first-order valence-corrected chi connectivity index (χ1v) is 6.26. The molecule has 0 fully saturated rings. The number of aryl methyl sites for hydroxylation is 1. The highest BCUT2D eigenvalue weighted by atomic mass is 15.2. The van der Waals surface area contributed by atoms with Crippen LogP contribution in [0, 0.1) is 6.92 Å². The highest BCUT2D eigenvalue weighted by molar-refractivity contribution is 5.81. The summed E-state index contributed by atoms with van der Waals surface area (Å²) in [5, 5.41) is 6.67. The number of nitrogens with zero attached hydrogens (tertiary/aromatic N) is 1. The van der Waals surface area contributed by atoms with Gasteiger partial charge in [0.15, 0.2) is 5.96 Å². The molecule has 92 valence electrons. The number of hydrogen-bond acceptors (Lipinski definition) is 3. The van der Waals surface area contributed by atoms with Gasteiger partial charge < -0.3 is 10.6 Å². The van der Waals surface area contributed by atoms with Crippen LogP contribution in [-0.2, 0) is 0 Å². The summed E-state index contributed by atoms with van der Waals surface area (Å²) < 4.78 is 0. The van der Waals surface area contributed by atoms with E-state index in [1.54, 1.807) is 0 Å². The van der Waals surface area contributed by atoms with Gasteiger partial charge >= 0.3 is 0 Å². The number of hydrogen-bond donors (Lipinski definition) is 2. The average molecular weight is 231 g/mol. The predicted octanol–water partition coefficient (Wildman–Crippen LogP) is 2.04. The van der Waals surface area contributed by atoms with E-state index in [4.69, 9.17) is 0 Å². The Kier molecular flexibility index (Phi) is 3.67. The van der Waals surface area contributed by atoms with Gasteiger partial charge in [0.2, 0.25) is 0 Å². The second-order valence-corrected chi connectivity index (χ2v) is 4.93. The summed E-state index contributed by atoms with van der Waals surface area (Å²) >= 11 is 0. The van der Waals surface area contributed by atoms with Crippen molar-refractivity contribution < 1.29 is 0 Å². The highest BCUT2D eigenvalue weighted by Gasteiger charge is 2.13. The number of rotatable bonds is 3. The molecule has 2 rings (SSSR count). The molecule has 3 heteroatoms. The summed E-state index contributed by atoms with van der Waals surface area (Å²) in [7, 11) is 0. The number of guanidine groups is 1. The fourth-order valence-corrected chi connectivity index (χ4v) is 1.92. The fraction of sp³-hybridized carbons (Fsp3) is 0.500. The molecule has 0 spiro atoms. The van der Waals surface area contributed by atoms with E-state index in [0.29, 0.717) is 12.0 Å². The Hall–Kier alpha value is -1.51. The third-order valence-corrected chi connectivity index (χ3v) is 3.13. The Bertz CT molecular complexity index is 394. The molecule has 1 aromatic rings. The van der Waals surface area contributed by atoms with Crippen molar-refractivity contribution in [2.24, 2.45) is 4.99 Å². The smallest absolute Gasteiger partial charge is 0.191 e. The quantitative estimate of drug-likeness (QED) is 0.835. The third kappa shape index (κ3) is 3.22. The minimum Gasteiger partial charge on any atom is -0.356 e. The molecular formula is C14H21N3. The molecule has 17 heavy (non-hydrogen) atoms. The second kappa shape index (κ2) is 5.21. The molecule has 3 nitrogen and oxygen atoms in total. The van der Waals surface area contributed by atoms with Crippen molar-refractivity contribution in [3.8, 4) is 0 Å². The van der Waals surface area contributed by atoms with Crippen LogP contribution in [0.3, 0.4) is 0 Å². The Morgan fingerprint density at radius 2 is 2.12 bits per heavy atom. The SMILES string of the molecule is Cc1ccc(C(C)CNC2=NCC(C)N2)cc1. The second-order valence-electron chi connectivity index (χ2n) is 4.93. The fourth-order valence-electron chi connectivity index (χ4n) is 1.92. The lowest BCUT2D eigenvalue weighted by Crippen LogP contribution is -2.39. The van der Waals surface area contributed by atoms with E-state index < -0.39 is 0 Å². The van der Waals surface area contributed by atoms with Gasteiger partial charge in [-0.1, -0.05) is 36.8 Å². The van der Waals surface area contributed by atoms with Gasteiger partial charge in [-0.15, -0.1) is 0 Å². The van der Waals surface area contributed by atoms with Crippen molar-refractivity contribution in [3.05, 3.63) is 35.4 Å². The summed E-state index contributed by atoms with van der Waals surface area (Å²) in [5.74, 6) is 1.44. The Morgan fingerprint density at radius 3 is 2.71 bits per heavy atom. The van der Waals surface area contributed by atoms with Gasteiger partial charge in [0, 0.05) is 12.6 Å². The standard InChI is InChI=1S/C14H21N3/c1-10-4-6-13(7-5-10)11(2)8-15-14-16-9-12(3)17-14/h4-7,11-12H,8-9H2,1-3H3,(H2,15,16,17). The lowest BCUT2D eigenvalue weighted by Gasteiger charge is -2.15. The number of aliphatic imine (C=N–C) groups is 1. The monoisotopic (exact) mass is 231 g/mol. The molecule has 1 aliphatic rings. The minimum absolute atomic E-state index is 0.465. The van der Waals surface area contributed by atoms with E-state index in [1.807, 2.05) is 0 Å². The number of benzene rings is 1. The first kappa shape index (κ1) is 12.0. The molecule has 2 N–H and O–H groups in total. The average Bonchev–Trinajstić information content (AvgIpc) is 2.73. The van der Waals surface area contributed by atoms with Gasteiger partial charge in [-0.25, -0.2) is 0 Å². The van der Waals surface area contributed by atoms with Gasteiger partial charge in [-0.2, -0.15) is 0 Å². The van der Waals surface area contributed by atoms with Crippen LogP contribution in [0.1, 0.15) is 30.9 Å². The normalized spacial score (nSPS) is 20.6. The minimum atomic E-state index is 0.465. The van der Waals surface area contributed by atoms with Crippen LogP contribution >= 0.6 is 0 Å². The molecular weight excluding hydrogens is 210 g/mol. The summed E-state index contributed by atoms with van der Waals surface area (Å²) in [5.41, 5.74) is 2.68. The zero-order chi connectivity index (χ0) is 12.3. The number of nitrogens with one attached hydrogen (secondary N) is 2. The summed E-state index contributed by atoms with van der Waals surface area (Å²) in [6.45, 7) is 8.28. The van der Waals surface area contributed by atoms with Crippen molar-refractivity contribution in [2.75, 3.05) is 13.1 Å². The highest BCUT2D eigenvalue weighted by Crippen LogP contribution is 2.14. The van der Waals surface area contributed by atoms with E-state index in [2.05, 4.69) is 60.7 Å². The third-order valence-electron chi connectivity index (χ3n) is 3.13. The van der Waals surface area contributed by atoms with E-state index in [0.717, 1.165) is 19.0 Å². The zero-order valence-corrected chi connectivity index (χ0v) is 10.8. The summed E-state index contributed by atoms with van der Waals surface area (Å²) in [6, 6.07) is 9.20. The molecule has 2 atom stereocenters. The van der Waals surface area contributed by atoms with Crippen LogP contribution in [0.5, 0.6) is 0 Å². The Labute approximate surface area is 103 Å². The van der Waals surface area contributed by atoms with Gasteiger partial charge in [0.05, 0.1) is 6.54 Å². The lowest BCUT2D eigenvalue weighted by atomic mass is 10.0. The van der Waals surface area contributed by atoms with E-state index in [1.165, 1.54) is 11.1 Å². The van der Waals surface area contributed by atoms with Crippen LogP contribution in [0.4, 0.5) is 0 Å². The predicted molar refractivity (Wildman–Crippen MR) is 72.5 cm³/mol. The van der Waals surface area contributed by atoms with Crippen molar-refractivity contribution in [1.29, 1.82) is 0 Å². The van der Waals surface area contributed by atoms with Crippen molar-refractivity contribution in [1.82, 2.24) is 10.6 Å². The van der Waals surface area contributed by atoms with Gasteiger partial charge in [-0.05, 0) is 25.3 Å². The van der Waals surface area contributed by atoms with Crippen molar-refractivity contribution in [3.63, 3.8) is 0 Å². The molecule has 0 amide bonds. The van der Waals surface area contributed by atoms with Gasteiger partial charge in [0.25, 0.3) is 0 Å². The molecule has 0 radical (unpaired) electrons. The maximum atomic E-state index is 4.39. The summed E-state index contributed by atoms with van der Waals surface area (Å²) in [6.07, 6.45) is 0. The van der Waals surface area contributed by atoms with Crippen LogP contribution in [-0.4, -0.2) is 25.1 Å². The first-order valence-electron chi connectivity index (χ1n) is 6.26. The molecule has 0 bridgehead atoms. The largest absolute Gasteiger partial charge is 0.356 e. The lowest BCUT2D eigenvalue weighted by molar-refractivity contribution is 0.686. The molecule has 1 aliphatic heterocycles. The van der Waals surface area contributed by atoms with E-state index in [9.17, 15) is 0 Å². The maximum Gasteiger partial charge on any atom is 0.191 e. The summed E-state index contributed by atoms with van der Waals surface area (Å²) in [4.78, 5) is 4.39. The van der Waals surface area contributed by atoms with Crippen LogP contribution in [0.2, 0.25) is 0 Å². The molecule has 1 heterocycles. The van der Waals surface area contributed by atoms with Crippen LogP contribution in [0.15, 0.2) is 29.3 Å². The van der Waals surface area contributed by atoms with E-state index >= 15 is 0 Å². The zero-order valence-electron chi connectivity index (χ0n) is 10.8. The molecule has 0 saturated carbocycles. The molecule has 0 aliphatic carbocycles. The molecule has 1 aromatic carbocycles.